The van der Waals surface area contributed by atoms with E-state index >= 15 is 0 Å². The number of carboxylic acid groups (broad SMARTS) is 1. The summed E-state index contributed by atoms with van der Waals surface area (Å²) in [6.45, 7) is 0.751. The van der Waals surface area contributed by atoms with Crippen molar-refractivity contribution in [1.82, 2.24) is 10.6 Å². The van der Waals surface area contributed by atoms with E-state index in [9.17, 15) is 9.59 Å². The second-order valence-electron chi connectivity index (χ2n) is 4.84. The molecule has 16 heavy (non-hydrogen) atoms. The summed E-state index contributed by atoms with van der Waals surface area (Å²) in [5.41, 5.74) is 0. The van der Waals surface area contributed by atoms with Crippen LogP contribution in [0.3, 0.4) is 0 Å². The van der Waals surface area contributed by atoms with Crippen molar-refractivity contribution in [2.45, 2.75) is 38.1 Å². The van der Waals surface area contributed by atoms with Gasteiger partial charge in [-0.2, -0.15) is 0 Å². The lowest BCUT2D eigenvalue weighted by Gasteiger charge is -2.13. The van der Waals surface area contributed by atoms with Crippen LogP contribution >= 0.6 is 0 Å². The molecule has 0 aromatic carbocycles. The van der Waals surface area contributed by atoms with Crippen molar-refractivity contribution in [3.63, 3.8) is 0 Å². The zero-order valence-electron chi connectivity index (χ0n) is 9.24. The van der Waals surface area contributed by atoms with Gasteiger partial charge in [0.25, 0.3) is 0 Å². The van der Waals surface area contributed by atoms with E-state index in [1.165, 1.54) is 12.8 Å². The smallest absolute Gasteiger partial charge is 0.315 e. The highest BCUT2D eigenvalue weighted by atomic mass is 16.4. The third-order valence-corrected chi connectivity index (χ3v) is 3.37. The van der Waals surface area contributed by atoms with Gasteiger partial charge in [0.05, 0.1) is 5.92 Å². The molecule has 2 atom stereocenters. The van der Waals surface area contributed by atoms with Crippen LogP contribution in [0.15, 0.2) is 0 Å². The molecule has 5 nitrogen and oxygen atoms in total. The molecular formula is C11H18N2O3. The topological polar surface area (TPSA) is 78.4 Å². The maximum atomic E-state index is 11.4. The van der Waals surface area contributed by atoms with Crippen LogP contribution in [0.25, 0.3) is 0 Å². The monoisotopic (exact) mass is 226 g/mol. The van der Waals surface area contributed by atoms with E-state index < -0.39 is 5.97 Å². The quantitative estimate of drug-likeness (QED) is 0.667. The van der Waals surface area contributed by atoms with Gasteiger partial charge in [0, 0.05) is 12.6 Å². The highest BCUT2D eigenvalue weighted by Gasteiger charge is 2.30. The number of carboxylic acids is 1. The zero-order chi connectivity index (χ0) is 11.5. The average molecular weight is 226 g/mol. The van der Waals surface area contributed by atoms with E-state index in [1.807, 2.05) is 0 Å². The molecule has 2 saturated carbocycles. The van der Waals surface area contributed by atoms with Gasteiger partial charge in [-0.05, 0) is 38.0 Å². The van der Waals surface area contributed by atoms with Gasteiger partial charge in [0.1, 0.15) is 0 Å². The van der Waals surface area contributed by atoms with E-state index in [-0.39, 0.29) is 18.0 Å². The Morgan fingerprint density at radius 1 is 1.19 bits per heavy atom. The first-order chi connectivity index (χ1) is 7.65. The minimum absolute atomic E-state index is 0.0281. The summed E-state index contributed by atoms with van der Waals surface area (Å²) in [7, 11) is 0. The SMILES string of the molecule is O=C(NCC1CC1)NC1CCC(C(=O)O)C1. The third kappa shape index (κ3) is 3.12. The fraction of sp³-hybridized carbons (Fsp3) is 0.818. The van der Waals surface area contributed by atoms with Crippen molar-refractivity contribution in [3.05, 3.63) is 0 Å². The summed E-state index contributed by atoms with van der Waals surface area (Å²) >= 11 is 0. The number of carbonyl (C=O) groups is 2. The lowest BCUT2D eigenvalue weighted by atomic mass is 10.1. The first-order valence-electron chi connectivity index (χ1n) is 5.92. The van der Waals surface area contributed by atoms with E-state index in [0.29, 0.717) is 18.8 Å². The van der Waals surface area contributed by atoms with E-state index in [4.69, 9.17) is 5.11 Å². The zero-order valence-corrected chi connectivity index (χ0v) is 9.24. The molecule has 2 amide bonds. The Bertz CT molecular complexity index is 289. The Labute approximate surface area is 94.6 Å². The molecule has 0 aromatic heterocycles. The Hall–Kier alpha value is -1.26. The number of hydrogen-bond acceptors (Lipinski definition) is 2. The molecule has 0 heterocycles. The van der Waals surface area contributed by atoms with Gasteiger partial charge >= 0.3 is 12.0 Å². The Balaban J connectivity index is 1.65. The highest BCUT2D eigenvalue weighted by Crippen LogP contribution is 2.28. The van der Waals surface area contributed by atoms with Crippen molar-refractivity contribution in [2.24, 2.45) is 11.8 Å². The van der Waals surface area contributed by atoms with Crippen molar-refractivity contribution in [2.75, 3.05) is 6.54 Å². The summed E-state index contributed by atoms with van der Waals surface area (Å²) in [5.74, 6) is -0.363. The maximum Gasteiger partial charge on any atom is 0.315 e. The molecule has 2 aliphatic carbocycles. The number of carbonyl (C=O) groups excluding carboxylic acids is 1. The minimum atomic E-state index is -0.748. The minimum Gasteiger partial charge on any atom is -0.481 e. The molecule has 2 fully saturated rings. The van der Waals surface area contributed by atoms with Gasteiger partial charge in [-0.1, -0.05) is 0 Å². The van der Waals surface area contributed by atoms with Gasteiger partial charge in [0.15, 0.2) is 0 Å². The number of nitrogens with one attached hydrogen (secondary N) is 2. The van der Waals surface area contributed by atoms with Crippen LogP contribution in [0.1, 0.15) is 32.1 Å². The van der Waals surface area contributed by atoms with Crippen molar-refractivity contribution >= 4 is 12.0 Å². The Morgan fingerprint density at radius 3 is 2.50 bits per heavy atom. The van der Waals surface area contributed by atoms with Crippen LogP contribution < -0.4 is 10.6 Å². The van der Waals surface area contributed by atoms with Gasteiger partial charge in [-0.3, -0.25) is 4.79 Å². The van der Waals surface area contributed by atoms with Crippen LogP contribution in [0.5, 0.6) is 0 Å². The van der Waals surface area contributed by atoms with Crippen molar-refractivity contribution in [3.8, 4) is 0 Å². The lowest BCUT2D eigenvalue weighted by Crippen LogP contribution is -2.41. The summed E-state index contributed by atoms with van der Waals surface area (Å²) in [4.78, 5) is 22.2. The fourth-order valence-corrected chi connectivity index (χ4v) is 2.13. The molecule has 0 spiro atoms. The summed E-state index contributed by atoms with van der Waals surface area (Å²) in [6, 6.07) is -0.122. The molecule has 2 unspecified atom stereocenters. The van der Waals surface area contributed by atoms with Gasteiger partial charge in [-0.15, -0.1) is 0 Å². The maximum absolute atomic E-state index is 11.4. The van der Waals surface area contributed by atoms with Gasteiger partial charge < -0.3 is 15.7 Å². The predicted molar refractivity (Wildman–Crippen MR) is 58.0 cm³/mol. The predicted octanol–water partition coefficient (Wildman–Crippen LogP) is 0.949. The summed E-state index contributed by atoms with van der Waals surface area (Å²) in [6.07, 6.45) is 4.43. The standard InChI is InChI=1S/C11H18N2O3/c14-10(15)8-3-4-9(5-8)13-11(16)12-6-7-1-2-7/h7-9H,1-6H2,(H,14,15)(H2,12,13,16). The summed E-state index contributed by atoms with van der Waals surface area (Å²) < 4.78 is 0. The second-order valence-corrected chi connectivity index (χ2v) is 4.84. The molecule has 90 valence electrons. The second kappa shape index (κ2) is 4.72. The highest BCUT2D eigenvalue weighted by molar-refractivity contribution is 5.75. The van der Waals surface area contributed by atoms with Crippen molar-refractivity contribution in [1.29, 1.82) is 0 Å². The number of hydrogen-bond donors (Lipinski definition) is 3. The van der Waals surface area contributed by atoms with Crippen LogP contribution in [0, 0.1) is 11.8 Å². The molecule has 0 bridgehead atoms. The van der Waals surface area contributed by atoms with Crippen LogP contribution in [-0.2, 0) is 4.79 Å². The number of rotatable bonds is 4. The average Bonchev–Trinajstić information content (AvgIpc) is 2.95. The molecule has 0 aromatic rings. The van der Waals surface area contributed by atoms with Crippen LogP contribution in [-0.4, -0.2) is 29.7 Å². The number of amides is 2. The third-order valence-electron chi connectivity index (χ3n) is 3.37. The molecule has 2 aliphatic rings. The summed E-state index contributed by atoms with van der Waals surface area (Å²) in [5, 5.41) is 14.5. The lowest BCUT2D eigenvalue weighted by molar-refractivity contribution is -0.141. The number of aliphatic carboxylic acids is 1. The van der Waals surface area contributed by atoms with Crippen LogP contribution in [0.2, 0.25) is 0 Å². The molecule has 0 saturated heterocycles. The van der Waals surface area contributed by atoms with E-state index in [1.54, 1.807) is 0 Å². The van der Waals surface area contributed by atoms with E-state index in [0.717, 1.165) is 13.0 Å². The number of urea groups is 1. The molecular weight excluding hydrogens is 208 g/mol. The molecule has 0 radical (unpaired) electrons. The van der Waals surface area contributed by atoms with Gasteiger partial charge in [0.2, 0.25) is 0 Å². The van der Waals surface area contributed by atoms with Crippen LogP contribution in [0.4, 0.5) is 4.79 Å². The normalized spacial score (nSPS) is 28.8. The largest absolute Gasteiger partial charge is 0.481 e. The Morgan fingerprint density at radius 2 is 1.94 bits per heavy atom. The first kappa shape index (κ1) is 11.2. The molecule has 5 heteroatoms. The van der Waals surface area contributed by atoms with Crippen molar-refractivity contribution < 1.29 is 14.7 Å². The fourth-order valence-electron chi connectivity index (χ4n) is 2.13. The Kier molecular flexibility index (Phi) is 3.31. The van der Waals surface area contributed by atoms with Gasteiger partial charge in [-0.25, -0.2) is 4.79 Å². The molecule has 3 N–H and O–H groups in total. The molecule has 0 aliphatic heterocycles. The first-order valence-corrected chi connectivity index (χ1v) is 5.92. The van der Waals surface area contributed by atoms with E-state index in [2.05, 4.69) is 10.6 Å². The molecule has 2 rings (SSSR count).